The van der Waals surface area contributed by atoms with Gasteiger partial charge in [-0.25, -0.2) is 9.59 Å². The molecule has 0 aliphatic rings. The van der Waals surface area contributed by atoms with E-state index in [0.717, 1.165) is 5.56 Å². The number of ether oxygens (including phenoxy) is 2. The van der Waals surface area contributed by atoms with Crippen molar-refractivity contribution < 1.29 is 24.2 Å². The molecule has 2 rings (SSSR count). The quantitative estimate of drug-likeness (QED) is 0.856. The number of carbonyl (C=O) groups is 2. The maximum absolute atomic E-state index is 11.8. The SMILES string of the molecule is COc1ccc([C@@H](NC(=O)OCc2ccccc2)C(=O)O)cc1. The van der Waals surface area contributed by atoms with Crippen LogP contribution in [-0.4, -0.2) is 24.3 Å². The Morgan fingerprint density at radius 2 is 1.74 bits per heavy atom. The zero-order chi connectivity index (χ0) is 16.7. The average molecular weight is 315 g/mol. The second kappa shape index (κ2) is 7.84. The third kappa shape index (κ3) is 4.74. The Hall–Kier alpha value is -3.02. The van der Waals surface area contributed by atoms with Crippen LogP contribution in [0.2, 0.25) is 0 Å². The van der Waals surface area contributed by atoms with Crippen molar-refractivity contribution in [2.45, 2.75) is 12.6 Å². The number of carboxylic acids is 1. The molecule has 0 aliphatic heterocycles. The number of hydrogen-bond acceptors (Lipinski definition) is 4. The van der Waals surface area contributed by atoms with Gasteiger partial charge in [0.25, 0.3) is 0 Å². The zero-order valence-electron chi connectivity index (χ0n) is 12.6. The lowest BCUT2D eigenvalue weighted by molar-refractivity contribution is -0.139. The van der Waals surface area contributed by atoms with Crippen molar-refractivity contribution in [1.82, 2.24) is 5.32 Å². The lowest BCUT2D eigenvalue weighted by atomic mass is 10.1. The standard InChI is InChI=1S/C17H17NO5/c1-22-14-9-7-13(8-10-14)15(16(19)20)18-17(21)23-11-12-5-3-2-4-6-12/h2-10,15H,11H2,1H3,(H,18,21)(H,19,20)/t15-/m1/s1. The van der Waals surface area contributed by atoms with Gasteiger partial charge in [-0.15, -0.1) is 0 Å². The highest BCUT2D eigenvalue weighted by atomic mass is 16.5. The third-order valence-electron chi connectivity index (χ3n) is 3.17. The van der Waals surface area contributed by atoms with E-state index in [-0.39, 0.29) is 6.61 Å². The molecule has 0 saturated carbocycles. The van der Waals surface area contributed by atoms with Gasteiger partial charge in [0.2, 0.25) is 0 Å². The molecule has 1 atom stereocenters. The number of benzene rings is 2. The van der Waals surface area contributed by atoms with Crippen LogP contribution >= 0.6 is 0 Å². The summed E-state index contributed by atoms with van der Waals surface area (Å²) in [6.07, 6.45) is -0.794. The first-order valence-electron chi connectivity index (χ1n) is 6.94. The number of hydrogen-bond donors (Lipinski definition) is 2. The molecule has 2 aromatic rings. The largest absolute Gasteiger partial charge is 0.497 e. The molecule has 2 aromatic carbocycles. The van der Waals surface area contributed by atoms with E-state index in [2.05, 4.69) is 5.32 Å². The van der Waals surface area contributed by atoms with Crippen LogP contribution in [0.3, 0.4) is 0 Å². The van der Waals surface area contributed by atoms with Gasteiger partial charge in [0.1, 0.15) is 12.4 Å². The van der Waals surface area contributed by atoms with Crippen molar-refractivity contribution in [3.63, 3.8) is 0 Å². The van der Waals surface area contributed by atoms with E-state index in [0.29, 0.717) is 11.3 Å². The van der Waals surface area contributed by atoms with Crippen molar-refractivity contribution in [2.24, 2.45) is 0 Å². The first kappa shape index (κ1) is 16.4. The Balaban J connectivity index is 1.98. The predicted octanol–water partition coefficient (Wildman–Crippen LogP) is 2.75. The number of carbonyl (C=O) groups excluding carboxylic acids is 1. The smallest absolute Gasteiger partial charge is 0.408 e. The summed E-state index contributed by atoms with van der Waals surface area (Å²) in [6.45, 7) is 0.0711. The molecule has 6 heteroatoms. The van der Waals surface area contributed by atoms with Gasteiger partial charge < -0.3 is 19.9 Å². The fraction of sp³-hybridized carbons (Fsp3) is 0.176. The Kier molecular flexibility index (Phi) is 5.57. The summed E-state index contributed by atoms with van der Waals surface area (Å²) >= 11 is 0. The molecule has 120 valence electrons. The predicted molar refractivity (Wildman–Crippen MR) is 83.1 cm³/mol. The van der Waals surface area contributed by atoms with Gasteiger partial charge in [-0.05, 0) is 23.3 Å². The normalized spacial score (nSPS) is 11.3. The maximum atomic E-state index is 11.8. The van der Waals surface area contributed by atoms with Crippen molar-refractivity contribution >= 4 is 12.1 Å². The monoisotopic (exact) mass is 315 g/mol. The molecule has 0 fully saturated rings. The molecule has 0 saturated heterocycles. The molecule has 0 heterocycles. The van der Waals surface area contributed by atoms with Crippen LogP contribution < -0.4 is 10.1 Å². The van der Waals surface area contributed by atoms with Crippen LogP contribution in [0.4, 0.5) is 4.79 Å². The minimum Gasteiger partial charge on any atom is -0.497 e. The molecule has 0 unspecified atom stereocenters. The molecule has 0 bridgehead atoms. The second-order valence-electron chi connectivity index (χ2n) is 4.75. The summed E-state index contributed by atoms with van der Waals surface area (Å²) in [7, 11) is 1.52. The van der Waals surface area contributed by atoms with Crippen molar-refractivity contribution in [1.29, 1.82) is 0 Å². The molecule has 0 spiro atoms. The van der Waals surface area contributed by atoms with Gasteiger partial charge in [-0.2, -0.15) is 0 Å². The lowest BCUT2D eigenvalue weighted by Crippen LogP contribution is -2.34. The van der Waals surface area contributed by atoms with E-state index >= 15 is 0 Å². The average Bonchev–Trinajstić information content (AvgIpc) is 2.58. The summed E-state index contributed by atoms with van der Waals surface area (Å²) < 4.78 is 10.1. The molecule has 6 nitrogen and oxygen atoms in total. The van der Waals surface area contributed by atoms with Crippen molar-refractivity contribution in [3.05, 3.63) is 65.7 Å². The van der Waals surface area contributed by atoms with Crippen molar-refractivity contribution in [2.75, 3.05) is 7.11 Å². The molecular formula is C17H17NO5. The van der Waals surface area contributed by atoms with Crippen LogP contribution in [0, 0.1) is 0 Å². The van der Waals surface area contributed by atoms with Crippen LogP contribution in [0.5, 0.6) is 5.75 Å². The number of amides is 1. The fourth-order valence-corrected chi connectivity index (χ4v) is 1.97. The molecule has 2 N–H and O–H groups in total. The van der Waals surface area contributed by atoms with Gasteiger partial charge in [0.15, 0.2) is 6.04 Å². The number of carboxylic acid groups (broad SMARTS) is 1. The number of alkyl carbamates (subject to hydrolysis) is 1. The Morgan fingerprint density at radius 1 is 1.09 bits per heavy atom. The van der Waals surface area contributed by atoms with E-state index in [1.165, 1.54) is 7.11 Å². The van der Waals surface area contributed by atoms with E-state index in [4.69, 9.17) is 9.47 Å². The fourth-order valence-electron chi connectivity index (χ4n) is 1.97. The minimum atomic E-state index is -1.19. The van der Waals surface area contributed by atoms with Gasteiger partial charge >= 0.3 is 12.1 Å². The Bertz CT molecular complexity index is 654. The highest BCUT2D eigenvalue weighted by Crippen LogP contribution is 2.18. The number of nitrogens with one attached hydrogen (secondary N) is 1. The number of aliphatic carboxylic acids is 1. The van der Waals surface area contributed by atoms with Gasteiger partial charge in [0.05, 0.1) is 7.11 Å². The zero-order valence-corrected chi connectivity index (χ0v) is 12.6. The van der Waals surface area contributed by atoms with E-state index < -0.39 is 18.1 Å². The molecule has 23 heavy (non-hydrogen) atoms. The molecule has 1 amide bonds. The molecule has 0 aliphatic carbocycles. The van der Waals surface area contributed by atoms with Crippen LogP contribution in [0.25, 0.3) is 0 Å². The summed E-state index contributed by atoms with van der Waals surface area (Å²) in [4.78, 5) is 23.2. The maximum Gasteiger partial charge on any atom is 0.408 e. The van der Waals surface area contributed by atoms with E-state index in [9.17, 15) is 14.7 Å². The first-order chi connectivity index (χ1) is 11.1. The van der Waals surface area contributed by atoms with Crippen LogP contribution in [0.15, 0.2) is 54.6 Å². The molecular weight excluding hydrogens is 298 g/mol. The Labute approximate surface area is 133 Å². The van der Waals surface area contributed by atoms with Gasteiger partial charge in [-0.3, -0.25) is 0 Å². The van der Waals surface area contributed by atoms with Gasteiger partial charge in [0, 0.05) is 0 Å². The topological polar surface area (TPSA) is 84.9 Å². The van der Waals surface area contributed by atoms with E-state index in [1.807, 2.05) is 30.3 Å². The second-order valence-corrected chi connectivity index (χ2v) is 4.75. The van der Waals surface area contributed by atoms with E-state index in [1.54, 1.807) is 24.3 Å². The highest BCUT2D eigenvalue weighted by Gasteiger charge is 2.22. The third-order valence-corrected chi connectivity index (χ3v) is 3.17. The first-order valence-corrected chi connectivity index (χ1v) is 6.94. The molecule has 0 aromatic heterocycles. The summed E-state index contributed by atoms with van der Waals surface area (Å²) in [5, 5.41) is 11.6. The number of methoxy groups -OCH3 is 1. The summed E-state index contributed by atoms with van der Waals surface area (Å²) in [5.74, 6) is -0.573. The van der Waals surface area contributed by atoms with Crippen LogP contribution in [0.1, 0.15) is 17.2 Å². The number of rotatable bonds is 6. The Morgan fingerprint density at radius 3 is 2.30 bits per heavy atom. The minimum absolute atomic E-state index is 0.0711. The summed E-state index contributed by atoms with van der Waals surface area (Å²) in [5.41, 5.74) is 1.24. The van der Waals surface area contributed by atoms with Crippen LogP contribution in [-0.2, 0) is 16.1 Å². The lowest BCUT2D eigenvalue weighted by Gasteiger charge is -2.15. The molecule has 0 radical (unpaired) electrons. The van der Waals surface area contributed by atoms with Gasteiger partial charge in [-0.1, -0.05) is 42.5 Å². The highest BCUT2D eigenvalue weighted by molar-refractivity contribution is 5.81. The summed E-state index contributed by atoms with van der Waals surface area (Å²) in [6, 6.07) is 14.4. The van der Waals surface area contributed by atoms with Crippen molar-refractivity contribution in [3.8, 4) is 5.75 Å².